The summed E-state index contributed by atoms with van der Waals surface area (Å²) in [5.41, 5.74) is 1.17. The fourth-order valence-corrected chi connectivity index (χ4v) is 3.16. The van der Waals surface area contributed by atoms with Gasteiger partial charge in [0.05, 0.1) is 19.3 Å². The number of rotatable bonds is 10. The summed E-state index contributed by atoms with van der Waals surface area (Å²) in [5.74, 6) is 1.65. The molecule has 0 unspecified atom stereocenters. The zero-order valence-electron chi connectivity index (χ0n) is 16.8. The van der Waals surface area contributed by atoms with Gasteiger partial charge in [-0.05, 0) is 30.5 Å². The van der Waals surface area contributed by atoms with Gasteiger partial charge >= 0.3 is 0 Å². The molecule has 0 aromatic heterocycles. The molecule has 0 heterocycles. The molecule has 0 atom stereocenters. The smallest absolute Gasteiger partial charge is 0.191 e. The lowest BCUT2D eigenvalue weighted by Gasteiger charge is -2.17. The molecule has 2 rings (SSSR count). The highest BCUT2D eigenvalue weighted by molar-refractivity contribution is 5.79. The Labute approximate surface area is 163 Å². The summed E-state index contributed by atoms with van der Waals surface area (Å²) < 4.78 is 16.6. The molecular weight excluding hydrogens is 342 g/mol. The summed E-state index contributed by atoms with van der Waals surface area (Å²) in [6.07, 6.45) is 8.17. The van der Waals surface area contributed by atoms with Crippen LogP contribution in [0.1, 0.15) is 44.1 Å². The summed E-state index contributed by atoms with van der Waals surface area (Å²) >= 11 is 0. The third-order valence-electron chi connectivity index (χ3n) is 4.71. The van der Waals surface area contributed by atoms with Crippen LogP contribution < -0.4 is 15.4 Å². The molecule has 0 aliphatic heterocycles. The first kappa shape index (κ1) is 21.5. The molecule has 152 valence electrons. The van der Waals surface area contributed by atoms with Crippen molar-refractivity contribution in [3.63, 3.8) is 0 Å². The van der Waals surface area contributed by atoms with Crippen molar-refractivity contribution in [2.75, 3.05) is 40.5 Å². The third-order valence-corrected chi connectivity index (χ3v) is 4.71. The molecule has 6 heteroatoms. The monoisotopic (exact) mass is 377 g/mol. The van der Waals surface area contributed by atoms with Crippen molar-refractivity contribution < 1.29 is 14.2 Å². The van der Waals surface area contributed by atoms with Crippen molar-refractivity contribution in [3.8, 4) is 5.75 Å². The van der Waals surface area contributed by atoms with E-state index in [1.165, 1.54) is 44.1 Å². The van der Waals surface area contributed by atoms with Gasteiger partial charge in [-0.15, -0.1) is 0 Å². The lowest BCUT2D eigenvalue weighted by atomic mass is 10.1. The van der Waals surface area contributed by atoms with Crippen molar-refractivity contribution in [3.05, 3.63) is 29.8 Å². The molecule has 1 fully saturated rings. The average molecular weight is 378 g/mol. The van der Waals surface area contributed by atoms with E-state index < -0.39 is 0 Å². The minimum absolute atomic E-state index is 0.439. The van der Waals surface area contributed by atoms with E-state index in [-0.39, 0.29) is 0 Å². The number of nitrogens with one attached hydrogen (secondary N) is 2. The molecule has 0 bridgehead atoms. The number of nitrogens with zero attached hydrogens (tertiary/aromatic N) is 1. The summed E-state index contributed by atoms with van der Waals surface area (Å²) in [7, 11) is 3.46. The molecule has 0 radical (unpaired) electrons. The second kappa shape index (κ2) is 13.4. The van der Waals surface area contributed by atoms with Crippen LogP contribution >= 0.6 is 0 Å². The fourth-order valence-electron chi connectivity index (χ4n) is 3.16. The number of methoxy groups -OCH3 is 1. The van der Waals surface area contributed by atoms with Crippen LogP contribution in [0.25, 0.3) is 0 Å². The van der Waals surface area contributed by atoms with Crippen molar-refractivity contribution in [2.24, 2.45) is 4.99 Å². The molecule has 0 saturated heterocycles. The molecule has 27 heavy (non-hydrogen) atoms. The van der Waals surface area contributed by atoms with Crippen LogP contribution in [0.5, 0.6) is 5.75 Å². The summed E-state index contributed by atoms with van der Waals surface area (Å²) in [6, 6.07) is 8.06. The Morgan fingerprint density at radius 3 is 2.41 bits per heavy atom. The van der Waals surface area contributed by atoms with Crippen LogP contribution in [0.15, 0.2) is 29.3 Å². The van der Waals surface area contributed by atoms with E-state index in [2.05, 4.69) is 27.8 Å². The van der Waals surface area contributed by atoms with E-state index in [1.807, 2.05) is 12.1 Å². The predicted octanol–water partition coefficient (Wildman–Crippen LogP) is 3.12. The van der Waals surface area contributed by atoms with Crippen LogP contribution in [0.2, 0.25) is 0 Å². The van der Waals surface area contributed by atoms with Crippen LogP contribution in [0, 0.1) is 0 Å². The number of aliphatic imine (C=N–C) groups is 1. The van der Waals surface area contributed by atoms with Gasteiger partial charge in [0.15, 0.2) is 5.96 Å². The second-order valence-electron chi connectivity index (χ2n) is 6.82. The van der Waals surface area contributed by atoms with Crippen molar-refractivity contribution in [2.45, 2.75) is 51.2 Å². The summed E-state index contributed by atoms with van der Waals surface area (Å²) in [5, 5.41) is 6.64. The van der Waals surface area contributed by atoms with Gasteiger partial charge in [-0.1, -0.05) is 37.8 Å². The lowest BCUT2D eigenvalue weighted by molar-refractivity contribution is 0.0468. The van der Waals surface area contributed by atoms with Gasteiger partial charge in [-0.25, -0.2) is 0 Å². The minimum Gasteiger partial charge on any atom is -0.491 e. The summed E-state index contributed by atoms with van der Waals surface area (Å²) in [4.78, 5) is 4.27. The SMILES string of the molecule is CN=C(NCCOC1CCCCCC1)NCc1ccc(OCCOC)cc1. The maximum absolute atomic E-state index is 6.01. The van der Waals surface area contributed by atoms with Crippen molar-refractivity contribution >= 4 is 5.96 Å². The first-order valence-corrected chi connectivity index (χ1v) is 10.1. The van der Waals surface area contributed by atoms with E-state index in [0.29, 0.717) is 25.9 Å². The predicted molar refractivity (Wildman–Crippen MR) is 109 cm³/mol. The molecule has 6 nitrogen and oxygen atoms in total. The molecule has 2 N–H and O–H groups in total. The largest absolute Gasteiger partial charge is 0.491 e. The highest BCUT2D eigenvalue weighted by atomic mass is 16.5. The highest BCUT2D eigenvalue weighted by Gasteiger charge is 2.12. The molecule has 1 aromatic carbocycles. The van der Waals surface area contributed by atoms with E-state index in [9.17, 15) is 0 Å². The Kier molecular flexibility index (Phi) is 10.7. The maximum atomic E-state index is 6.01. The fraction of sp³-hybridized carbons (Fsp3) is 0.667. The molecule has 0 spiro atoms. The van der Waals surface area contributed by atoms with Crippen LogP contribution in [0.4, 0.5) is 0 Å². The van der Waals surface area contributed by atoms with E-state index in [0.717, 1.165) is 24.9 Å². The Bertz CT molecular complexity index is 526. The van der Waals surface area contributed by atoms with E-state index in [1.54, 1.807) is 14.2 Å². The van der Waals surface area contributed by atoms with Crippen LogP contribution in [0.3, 0.4) is 0 Å². The van der Waals surface area contributed by atoms with E-state index in [4.69, 9.17) is 14.2 Å². The first-order chi connectivity index (χ1) is 13.3. The first-order valence-electron chi connectivity index (χ1n) is 10.1. The van der Waals surface area contributed by atoms with Gasteiger partial charge in [-0.2, -0.15) is 0 Å². The van der Waals surface area contributed by atoms with Gasteiger partial charge in [0, 0.05) is 27.2 Å². The standard InChI is InChI=1S/C21H35N3O3/c1-22-21(23-13-14-26-19-7-5-3-4-6-8-19)24-17-18-9-11-20(12-10-18)27-16-15-25-2/h9-12,19H,3-8,13-17H2,1-2H3,(H2,22,23,24). The number of benzene rings is 1. The Hall–Kier alpha value is -1.79. The second-order valence-corrected chi connectivity index (χ2v) is 6.82. The third kappa shape index (κ3) is 9.11. The lowest BCUT2D eigenvalue weighted by Crippen LogP contribution is -2.38. The summed E-state index contributed by atoms with van der Waals surface area (Å²) in [6.45, 7) is 3.35. The zero-order valence-corrected chi connectivity index (χ0v) is 16.8. The number of hydrogen-bond acceptors (Lipinski definition) is 4. The van der Waals surface area contributed by atoms with Gasteiger partial charge < -0.3 is 24.8 Å². The van der Waals surface area contributed by atoms with Crippen LogP contribution in [-0.4, -0.2) is 52.6 Å². The molecular formula is C21H35N3O3. The Balaban J connectivity index is 1.61. The quantitative estimate of drug-likeness (QED) is 0.284. The highest BCUT2D eigenvalue weighted by Crippen LogP contribution is 2.19. The molecule has 1 aromatic rings. The van der Waals surface area contributed by atoms with Gasteiger partial charge in [0.1, 0.15) is 12.4 Å². The maximum Gasteiger partial charge on any atom is 0.191 e. The Morgan fingerprint density at radius 1 is 1.00 bits per heavy atom. The number of hydrogen-bond donors (Lipinski definition) is 2. The number of guanidine groups is 1. The average Bonchev–Trinajstić information content (AvgIpc) is 2.97. The molecule has 1 saturated carbocycles. The number of ether oxygens (including phenoxy) is 3. The van der Waals surface area contributed by atoms with Gasteiger partial charge in [0.2, 0.25) is 0 Å². The Morgan fingerprint density at radius 2 is 1.74 bits per heavy atom. The topological polar surface area (TPSA) is 64.1 Å². The van der Waals surface area contributed by atoms with Crippen molar-refractivity contribution in [1.29, 1.82) is 0 Å². The molecule has 1 aliphatic carbocycles. The van der Waals surface area contributed by atoms with Gasteiger partial charge in [-0.3, -0.25) is 4.99 Å². The minimum atomic E-state index is 0.439. The normalized spacial score (nSPS) is 16.0. The zero-order chi connectivity index (χ0) is 19.2. The van der Waals surface area contributed by atoms with Crippen LogP contribution in [-0.2, 0) is 16.0 Å². The molecule has 1 aliphatic rings. The van der Waals surface area contributed by atoms with Crippen molar-refractivity contribution in [1.82, 2.24) is 10.6 Å². The van der Waals surface area contributed by atoms with E-state index >= 15 is 0 Å². The van der Waals surface area contributed by atoms with Gasteiger partial charge in [0.25, 0.3) is 0 Å². The molecule has 0 amide bonds.